The Morgan fingerprint density at radius 2 is 2.11 bits per heavy atom. The maximum atomic E-state index is 9.18. The highest BCUT2D eigenvalue weighted by atomic mass is 16.5. The third-order valence-corrected chi connectivity index (χ3v) is 2.74. The quantitative estimate of drug-likeness (QED) is 0.779. The highest BCUT2D eigenvalue weighted by Gasteiger charge is 2.15. The second kappa shape index (κ2) is 6.19. The largest absolute Gasteiger partial charge is 0.508 e. The minimum atomic E-state index is -0.133. The predicted molar refractivity (Wildman–Crippen MR) is 69.8 cm³/mol. The summed E-state index contributed by atoms with van der Waals surface area (Å²) >= 11 is 0. The number of rotatable bonds is 6. The van der Waals surface area contributed by atoms with Crippen LogP contribution in [0.2, 0.25) is 0 Å². The van der Waals surface area contributed by atoms with Crippen molar-refractivity contribution in [1.82, 2.24) is 10.1 Å². The number of hydrogen-bond acceptors (Lipinski definition) is 6. The topological polar surface area (TPSA) is 80.4 Å². The average molecular weight is 263 g/mol. The summed E-state index contributed by atoms with van der Waals surface area (Å²) in [7, 11) is 1.62. The molecule has 0 aliphatic carbocycles. The first-order valence-electron chi connectivity index (χ1n) is 6.11. The molecule has 0 spiro atoms. The zero-order valence-corrected chi connectivity index (χ0v) is 11.0. The summed E-state index contributed by atoms with van der Waals surface area (Å²) in [6.45, 7) is 2.43. The number of phenolic OH excluding ortho intramolecular Hbond substituents is 1. The summed E-state index contributed by atoms with van der Waals surface area (Å²) in [6, 6.07) is 6.77. The number of phenols is 1. The number of anilines is 1. The Hall–Kier alpha value is -2.08. The molecule has 0 saturated heterocycles. The van der Waals surface area contributed by atoms with Crippen molar-refractivity contribution in [3.63, 3.8) is 0 Å². The van der Waals surface area contributed by atoms with E-state index in [-0.39, 0.29) is 11.9 Å². The molecule has 0 bridgehead atoms. The molecule has 0 fully saturated rings. The van der Waals surface area contributed by atoms with E-state index >= 15 is 0 Å². The minimum Gasteiger partial charge on any atom is -0.508 e. The third-order valence-electron chi connectivity index (χ3n) is 2.74. The number of nitrogens with zero attached hydrogens (tertiary/aromatic N) is 2. The van der Waals surface area contributed by atoms with Crippen LogP contribution >= 0.6 is 0 Å². The fraction of sp³-hybridized carbons (Fsp3) is 0.385. The van der Waals surface area contributed by atoms with Gasteiger partial charge in [-0.1, -0.05) is 12.1 Å². The van der Waals surface area contributed by atoms with Gasteiger partial charge in [-0.05, 0) is 30.7 Å². The number of benzene rings is 1. The van der Waals surface area contributed by atoms with Gasteiger partial charge in [0.25, 0.3) is 0 Å². The maximum Gasteiger partial charge on any atom is 0.246 e. The number of aromatic nitrogens is 2. The van der Waals surface area contributed by atoms with Crippen LogP contribution < -0.4 is 5.32 Å². The normalized spacial score (nSPS) is 12.3. The Balaban J connectivity index is 1.95. The van der Waals surface area contributed by atoms with Crippen LogP contribution in [0.1, 0.15) is 31.2 Å². The smallest absolute Gasteiger partial charge is 0.246 e. The van der Waals surface area contributed by atoms with Gasteiger partial charge in [0, 0.05) is 12.8 Å². The molecule has 0 aliphatic heterocycles. The van der Waals surface area contributed by atoms with E-state index in [0.717, 1.165) is 12.1 Å². The molecule has 1 heterocycles. The van der Waals surface area contributed by atoms with Crippen molar-refractivity contribution >= 4 is 5.69 Å². The van der Waals surface area contributed by atoms with Gasteiger partial charge in [0.2, 0.25) is 11.7 Å². The van der Waals surface area contributed by atoms with Crippen molar-refractivity contribution in [3.05, 3.63) is 36.0 Å². The summed E-state index contributed by atoms with van der Waals surface area (Å²) in [5.41, 5.74) is 0.872. The van der Waals surface area contributed by atoms with Gasteiger partial charge in [-0.25, -0.2) is 0 Å². The number of nitrogens with one attached hydrogen (secondary N) is 1. The van der Waals surface area contributed by atoms with Crippen LogP contribution in [0, 0.1) is 0 Å². The highest BCUT2D eigenvalue weighted by molar-refractivity contribution is 5.45. The molecule has 1 unspecified atom stereocenters. The lowest BCUT2D eigenvalue weighted by Crippen LogP contribution is -2.03. The zero-order valence-electron chi connectivity index (χ0n) is 11.0. The molecule has 2 aromatic rings. The van der Waals surface area contributed by atoms with E-state index in [9.17, 15) is 5.11 Å². The molecule has 0 saturated carbocycles. The van der Waals surface area contributed by atoms with Crippen molar-refractivity contribution in [2.45, 2.75) is 26.0 Å². The van der Waals surface area contributed by atoms with Crippen molar-refractivity contribution < 1.29 is 14.4 Å². The number of hydrogen-bond donors (Lipinski definition) is 2. The van der Waals surface area contributed by atoms with E-state index in [1.807, 2.05) is 6.92 Å². The zero-order chi connectivity index (χ0) is 13.7. The van der Waals surface area contributed by atoms with E-state index in [2.05, 4.69) is 15.5 Å². The highest BCUT2D eigenvalue weighted by Crippen LogP contribution is 2.18. The van der Waals surface area contributed by atoms with Gasteiger partial charge in [0.1, 0.15) is 11.9 Å². The van der Waals surface area contributed by atoms with E-state index in [0.29, 0.717) is 18.3 Å². The molecule has 1 atom stereocenters. The Labute approximate surface area is 111 Å². The SMILES string of the molecule is CCC(OC)c1noc(CNc2ccc(O)cc2)n1. The van der Waals surface area contributed by atoms with Gasteiger partial charge in [0.15, 0.2) is 0 Å². The van der Waals surface area contributed by atoms with Gasteiger partial charge >= 0.3 is 0 Å². The van der Waals surface area contributed by atoms with Crippen LogP contribution in [0.3, 0.4) is 0 Å². The predicted octanol–water partition coefficient (Wildman–Crippen LogP) is 2.48. The lowest BCUT2D eigenvalue weighted by atomic mass is 10.2. The summed E-state index contributed by atoms with van der Waals surface area (Å²) in [5.74, 6) is 1.29. The molecule has 0 aliphatic rings. The lowest BCUT2D eigenvalue weighted by molar-refractivity contribution is 0.0903. The van der Waals surface area contributed by atoms with Gasteiger partial charge in [-0.2, -0.15) is 4.98 Å². The first-order chi connectivity index (χ1) is 9.22. The Morgan fingerprint density at radius 3 is 2.74 bits per heavy atom. The van der Waals surface area contributed by atoms with Crippen molar-refractivity contribution in [2.75, 3.05) is 12.4 Å². The molecule has 102 valence electrons. The monoisotopic (exact) mass is 263 g/mol. The first-order valence-corrected chi connectivity index (χ1v) is 6.11. The molecule has 19 heavy (non-hydrogen) atoms. The van der Waals surface area contributed by atoms with Crippen LogP contribution in [-0.4, -0.2) is 22.4 Å². The molecule has 0 radical (unpaired) electrons. The van der Waals surface area contributed by atoms with Gasteiger partial charge in [0.05, 0.1) is 6.54 Å². The number of ether oxygens (including phenoxy) is 1. The molecular weight excluding hydrogens is 246 g/mol. The van der Waals surface area contributed by atoms with Crippen LogP contribution in [-0.2, 0) is 11.3 Å². The van der Waals surface area contributed by atoms with Crippen LogP contribution in [0.15, 0.2) is 28.8 Å². The number of methoxy groups -OCH3 is 1. The van der Waals surface area contributed by atoms with E-state index in [1.54, 1.807) is 31.4 Å². The average Bonchev–Trinajstić information content (AvgIpc) is 2.88. The van der Waals surface area contributed by atoms with Crippen LogP contribution in [0.5, 0.6) is 5.75 Å². The summed E-state index contributed by atoms with van der Waals surface area (Å²) in [4.78, 5) is 4.27. The molecular formula is C13H17N3O3. The van der Waals surface area contributed by atoms with Gasteiger partial charge in [-0.3, -0.25) is 0 Å². The van der Waals surface area contributed by atoms with Crippen LogP contribution in [0.4, 0.5) is 5.69 Å². The van der Waals surface area contributed by atoms with Gasteiger partial charge in [-0.15, -0.1) is 0 Å². The van der Waals surface area contributed by atoms with E-state index in [4.69, 9.17) is 9.26 Å². The first kappa shape index (κ1) is 13.4. The number of aromatic hydroxyl groups is 1. The molecule has 1 aromatic heterocycles. The van der Waals surface area contributed by atoms with Crippen LogP contribution in [0.25, 0.3) is 0 Å². The summed E-state index contributed by atoms with van der Waals surface area (Å²) < 4.78 is 10.4. The fourth-order valence-corrected chi connectivity index (χ4v) is 1.68. The van der Waals surface area contributed by atoms with E-state index < -0.39 is 0 Å². The molecule has 6 heteroatoms. The third kappa shape index (κ3) is 3.45. The van der Waals surface area contributed by atoms with Crippen molar-refractivity contribution in [2.24, 2.45) is 0 Å². The summed E-state index contributed by atoms with van der Waals surface area (Å²) in [6.07, 6.45) is 0.659. The molecule has 0 amide bonds. The standard InChI is InChI=1S/C13H17N3O3/c1-3-11(18-2)13-15-12(19-16-13)8-14-9-4-6-10(17)7-5-9/h4-7,11,14,17H,3,8H2,1-2H3. The fourth-order valence-electron chi connectivity index (χ4n) is 1.68. The van der Waals surface area contributed by atoms with E-state index in [1.165, 1.54) is 0 Å². The molecule has 6 nitrogen and oxygen atoms in total. The van der Waals surface area contributed by atoms with Gasteiger partial charge < -0.3 is 19.7 Å². The second-order valence-corrected chi connectivity index (χ2v) is 4.08. The van der Waals surface area contributed by atoms with Crippen molar-refractivity contribution in [3.8, 4) is 5.75 Å². The molecule has 2 rings (SSSR count). The Morgan fingerprint density at radius 1 is 1.37 bits per heavy atom. The molecule has 1 aromatic carbocycles. The minimum absolute atomic E-state index is 0.133. The lowest BCUT2D eigenvalue weighted by Gasteiger charge is -2.06. The summed E-state index contributed by atoms with van der Waals surface area (Å²) in [5, 5.41) is 16.2. The maximum absolute atomic E-state index is 9.18. The Bertz CT molecular complexity index is 506. The van der Waals surface area contributed by atoms with Crippen molar-refractivity contribution in [1.29, 1.82) is 0 Å². The Kier molecular flexibility index (Phi) is 4.35. The molecule has 2 N–H and O–H groups in total. The second-order valence-electron chi connectivity index (χ2n) is 4.08.